The van der Waals surface area contributed by atoms with Crippen LogP contribution in [0.15, 0.2) is 88.7 Å². The van der Waals surface area contributed by atoms with Crippen LogP contribution in [-0.4, -0.2) is 11.5 Å². The van der Waals surface area contributed by atoms with Crippen molar-refractivity contribution < 1.29 is 0 Å². The number of aryl methyl sites for hydroxylation is 1. The zero-order chi connectivity index (χ0) is 14.7. The van der Waals surface area contributed by atoms with E-state index in [4.69, 9.17) is 0 Å². The molecule has 0 aliphatic heterocycles. The molecule has 0 radical (unpaired) electrons. The van der Waals surface area contributed by atoms with E-state index in [0.717, 1.165) is 6.42 Å². The molecule has 2 aromatic rings. The lowest BCUT2D eigenvalue weighted by molar-refractivity contribution is 1.03. The van der Waals surface area contributed by atoms with Crippen LogP contribution in [0.25, 0.3) is 0 Å². The molecule has 0 nitrogen and oxygen atoms in total. The number of allylic oxidation sites excluding steroid dienone is 3. The standard InChI is InChI=1S/C20H22S/c1-17-13-15-20(16-14-17)21(2,18-9-5-3-6-10-18)19-11-7-4-8-12-19/h3-11,13-16,19H,12H2,1-2H3. The van der Waals surface area contributed by atoms with Gasteiger partial charge in [0.1, 0.15) is 0 Å². The molecule has 0 saturated carbocycles. The quantitative estimate of drug-likeness (QED) is 0.678. The summed E-state index contributed by atoms with van der Waals surface area (Å²) in [5, 5.41) is 0.576. The Morgan fingerprint density at radius 3 is 2.14 bits per heavy atom. The van der Waals surface area contributed by atoms with Gasteiger partial charge in [0, 0.05) is 5.25 Å². The van der Waals surface area contributed by atoms with Crippen LogP contribution in [0.4, 0.5) is 0 Å². The highest BCUT2D eigenvalue weighted by Crippen LogP contribution is 2.64. The van der Waals surface area contributed by atoms with Gasteiger partial charge in [0.2, 0.25) is 0 Å². The summed E-state index contributed by atoms with van der Waals surface area (Å²) in [5.74, 6) is 0. The summed E-state index contributed by atoms with van der Waals surface area (Å²) < 4.78 is 0. The largest absolute Gasteiger partial charge is 0.184 e. The van der Waals surface area contributed by atoms with Gasteiger partial charge in [-0.15, -0.1) is 0 Å². The lowest BCUT2D eigenvalue weighted by Crippen LogP contribution is -2.17. The van der Waals surface area contributed by atoms with Gasteiger partial charge in [-0.05, 0) is 53.7 Å². The fourth-order valence-electron chi connectivity index (χ4n) is 2.92. The topological polar surface area (TPSA) is 0 Å². The lowest BCUT2D eigenvalue weighted by Gasteiger charge is -2.43. The van der Waals surface area contributed by atoms with Crippen LogP contribution in [0.5, 0.6) is 0 Å². The van der Waals surface area contributed by atoms with E-state index < -0.39 is 10.0 Å². The van der Waals surface area contributed by atoms with Crippen LogP contribution in [0.1, 0.15) is 12.0 Å². The summed E-state index contributed by atoms with van der Waals surface area (Å²) in [5.41, 5.74) is 1.33. The molecular weight excluding hydrogens is 272 g/mol. The first-order valence-electron chi connectivity index (χ1n) is 7.43. The molecule has 0 heterocycles. The first kappa shape index (κ1) is 14.2. The van der Waals surface area contributed by atoms with Crippen molar-refractivity contribution in [2.75, 3.05) is 6.26 Å². The third-order valence-corrected chi connectivity index (χ3v) is 8.35. The maximum Gasteiger partial charge on any atom is 0.0181 e. The smallest absolute Gasteiger partial charge is 0.0181 e. The van der Waals surface area contributed by atoms with Crippen molar-refractivity contribution in [2.45, 2.75) is 28.4 Å². The molecular formula is C20H22S. The zero-order valence-electron chi connectivity index (χ0n) is 12.7. The Bertz CT molecular complexity index is 652. The van der Waals surface area contributed by atoms with Crippen molar-refractivity contribution in [3.8, 4) is 0 Å². The molecule has 2 atom stereocenters. The van der Waals surface area contributed by atoms with Crippen molar-refractivity contribution in [3.05, 3.63) is 84.5 Å². The molecule has 1 aliphatic rings. The number of hydrogen-bond donors (Lipinski definition) is 0. The van der Waals surface area contributed by atoms with Gasteiger partial charge >= 0.3 is 0 Å². The van der Waals surface area contributed by atoms with Gasteiger partial charge in [-0.2, -0.15) is 10.0 Å². The average molecular weight is 294 g/mol. The lowest BCUT2D eigenvalue weighted by atomic mass is 10.2. The van der Waals surface area contributed by atoms with Crippen LogP contribution in [0.3, 0.4) is 0 Å². The molecule has 1 aliphatic carbocycles. The Morgan fingerprint density at radius 2 is 1.52 bits per heavy atom. The Balaban J connectivity index is 2.12. The predicted octanol–water partition coefficient (Wildman–Crippen LogP) is 5.73. The maximum absolute atomic E-state index is 2.46. The SMILES string of the molecule is Cc1ccc(S(C)(c2ccccc2)C2C=CC=CC2)cc1. The number of benzene rings is 2. The molecule has 0 spiro atoms. The third-order valence-electron chi connectivity index (χ3n) is 4.29. The minimum absolute atomic E-state index is 0.576. The number of rotatable bonds is 3. The van der Waals surface area contributed by atoms with Gasteiger partial charge in [-0.25, -0.2) is 0 Å². The first-order chi connectivity index (χ1) is 10.2. The second kappa shape index (κ2) is 5.95. The van der Waals surface area contributed by atoms with Crippen LogP contribution >= 0.6 is 10.0 Å². The molecule has 0 aromatic heterocycles. The Kier molecular flexibility index (Phi) is 4.03. The summed E-state index contributed by atoms with van der Waals surface area (Å²) in [7, 11) is -1.05. The van der Waals surface area contributed by atoms with E-state index >= 15 is 0 Å². The summed E-state index contributed by atoms with van der Waals surface area (Å²) in [6.07, 6.45) is 12.6. The Hall–Kier alpha value is -1.73. The van der Waals surface area contributed by atoms with Gasteiger partial charge in [-0.3, -0.25) is 0 Å². The summed E-state index contributed by atoms with van der Waals surface area (Å²) in [6, 6.07) is 20.2. The second-order valence-electron chi connectivity index (χ2n) is 5.70. The molecule has 0 N–H and O–H groups in total. The monoisotopic (exact) mass is 294 g/mol. The predicted molar refractivity (Wildman–Crippen MR) is 94.4 cm³/mol. The van der Waals surface area contributed by atoms with Gasteiger partial charge in [0.15, 0.2) is 0 Å². The molecule has 0 saturated heterocycles. The molecule has 0 amide bonds. The maximum atomic E-state index is 2.46. The molecule has 2 aromatic carbocycles. The summed E-state index contributed by atoms with van der Waals surface area (Å²) in [6.45, 7) is 2.15. The highest BCUT2D eigenvalue weighted by Gasteiger charge is 2.30. The van der Waals surface area contributed by atoms with Crippen molar-refractivity contribution in [1.29, 1.82) is 0 Å². The first-order valence-corrected chi connectivity index (χ1v) is 9.54. The summed E-state index contributed by atoms with van der Waals surface area (Å²) in [4.78, 5) is 2.95. The average Bonchev–Trinajstić information content (AvgIpc) is 2.56. The summed E-state index contributed by atoms with van der Waals surface area (Å²) >= 11 is 0. The molecule has 3 rings (SSSR count). The van der Waals surface area contributed by atoms with E-state index in [1.54, 1.807) is 0 Å². The van der Waals surface area contributed by atoms with Gasteiger partial charge in [-0.1, -0.05) is 60.2 Å². The molecule has 2 unspecified atom stereocenters. The fraction of sp³-hybridized carbons (Fsp3) is 0.200. The van der Waals surface area contributed by atoms with Gasteiger partial charge < -0.3 is 0 Å². The van der Waals surface area contributed by atoms with Crippen molar-refractivity contribution in [3.63, 3.8) is 0 Å². The van der Waals surface area contributed by atoms with Crippen molar-refractivity contribution in [2.24, 2.45) is 0 Å². The van der Waals surface area contributed by atoms with Gasteiger partial charge in [0.05, 0.1) is 0 Å². The third kappa shape index (κ3) is 2.71. The van der Waals surface area contributed by atoms with Crippen LogP contribution in [-0.2, 0) is 0 Å². The fourth-order valence-corrected chi connectivity index (χ4v) is 6.21. The van der Waals surface area contributed by atoms with E-state index in [-0.39, 0.29) is 0 Å². The minimum atomic E-state index is -1.05. The molecule has 108 valence electrons. The van der Waals surface area contributed by atoms with E-state index in [1.807, 2.05) is 0 Å². The zero-order valence-corrected chi connectivity index (χ0v) is 13.5. The number of hydrogen-bond acceptors (Lipinski definition) is 0. The highest BCUT2D eigenvalue weighted by atomic mass is 32.3. The van der Waals surface area contributed by atoms with Crippen molar-refractivity contribution in [1.82, 2.24) is 0 Å². The van der Waals surface area contributed by atoms with Crippen LogP contribution in [0, 0.1) is 6.92 Å². The molecule has 21 heavy (non-hydrogen) atoms. The van der Waals surface area contributed by atoms with E-state index in [2.05, 4.69) is 92.1 Å². The van der Waals surface area contributed by atoms with Gasteiger partial charge in [0.25, 0.3) is 0 Å². The molecule has 0 bridgehead atoms. The van der Waals surface area contributed by atoms with E-state index in [9.17, 15) is 0 Å². The molecule has 1 heteroatoms. The normalized spacial score (nSPS) is 21.7. The van der Waals surface area contributed by atoms with Crippen LogP contribution < -0.4 is 0 Å². The van der Waals surface area contributed by atoms with E-state index in [1.165, 1.54) is 15.4 Å². The Morgan fingerprint density at radius 1 is 0.857 bits per heavy atom. The van der Waals surface area contributed by atoms with E-state index in [0.29, 0.717) is 5.25 Å². The Labute approximate surface area is 129 Å². The highest BCUT2D eigenvalue weighted by molar-refractivity contribution is 8.33. The second-order valence-corrected chi connectivity index (χ2v) is 9.21. The van der Waals surface area contributed by atoms with Crippen molar-refractivity contribution >= 4 is 10.0 Å². The minimum Gasteiger partial charge on any atom is -0.184 e. The van der Waals surface area contributed by atoms with Crippen LogP contribution in [0.2, 0.25) is 0 Å². The molecule has 0 fully saturated rings.